The lowest BCUT2D eigenvalue weighted by atomic mass is 10.1. The Kier molecular flexibility index (Phi) is 8.40. The number of nitrogens with one attached hydrogen (secondary N) is 1. The zero-order chi connectivity index (χ0) is 26.2. The van der Waals surface area contributed by atoms with Crippen LogP contribution in [0.4, 0.5) is 11.4 Å². The molecule has 8 nitrogen and oxygen atoms in total. The van der Waals surface area contributed by atoms with Gasteiger partial charge in [-0.2, -0.15) is 0 Å². The Balaban J connectivity index is 1.44. The Bertz CT molecular complexity index is 1240. The highest BCUT2D eigenvalue weighted by molar-refractivity contribution is 5.99. The number of esters is 1. The summed E-state index contributed by atoms with van der Waals surface area (Å²) in [6.07, 6.45) is 0.925. The van der Waals surface area contributed by atoms with Crippen LogP contribution in [0.3, 0.4) is 0 Å². The molecule has 1 N–H and O–H groups in total. The average Bonchev–Trinajstić information content (AvgIpc) is 2.96. The van der Waals surface area contributed by atoms with Gasteiger partial charge in [0.05, 0.1) is 24.0 Å². The number of hydrogen-bond donors (Lipinski definition) is 1. The van der Waals surface area contributed by atoms with Crippen LogP contribution >= 0.6 is 0 Å². The van der Waals surface area contributed by atoms with Gasteiger partial charge in [-0.3, -0.25) is 9.59 Å². The minimum Gasteiger partial charge on any atom is -0.484 e. The summed E-state index contributed by atoms with van der Waals surface area (Å²) in [6.45, 7) is 4.14. The molecule has 0 saturated carbocycles. The van der Waals surface area contributed by atoms with Gasteiger partial charge in [0.1, 0.15) is 5.75 Å². The van der Waals surface area contributed by atoms with E-state index in [4.69, 9.17) is 9.47 Å². The maximum atomic E-state index is 12.8. The molecule has 1 aliphatic rings. The molecule has 0 unspecified atom stereocenters. The van der Waals surface area contributed by atoms with Crippen molar-refractivity contribution in [3.05, 3.63) is 89.5 Å². The Morgan fingerprint density at radius 2 is 1.57 bits per heavy atom. The molecule has 1 aliphatic heterocycles. The third-order valence-corrected chi connectivity index (χ3v) is 6.32. The molecule has 0 spiro atoms. The summed E-state index contributed by atoms with van der Waals surface area (Å²) in [5.74, 6) is -0.234. The van der Waals surface area contributed by atoms with Crippen LogP contribution in [0.25, 0.3) is 0 Å². The van der Waals surface area contributed by atoms with Crippen molar-refractivity contribution in [3.8, 4) is 5.75 Å². The average molecular weight is 502 g/mol. The number of piperazine rings is 1. The Labute approximate surface area is 216 Å². The van der Waals surface area contributed by atoms with Gasteiger partial charge in [0.2, 0.25) is 0 Å². The van der Waals surface area contributed by atoms with E-state index in [2.05, 4.69) is 17.1 Å². The quantitative estimate of drug-likeness (QED) is 0.469. The van der Waals surface area contributed by atoms with Crippen molar-refractivity contribution in [2.24, 2.45) is 0 Å². The van der Waals surface area contributed by atoms with Crippen LogP contribution in [0.15, 0.2) is 72.8 Å². The van der Waals surface area contributed by atoms with E-state index < -0.39 is 5.97 Å². The number of benzene rings is 3. The van der Waals surface area contributed by atoms with E-state index in [1.165, 1.54) is 12.7 Å². The molecule has 1 heterocycles. The standard InChI is InChI=1S/C29H31N3O5/c1-3-21-9-12-24(13-10-21)37-20-27(33)30-25-19-23(29(35)36-2)11-14-26(25)31-15-17-32(18-16-31)28(34)22-7-5-4-6-8-22/h4-14,19H,3,15-18,20H2,1-2H3,(H,30,33). The van der Waals surface area contributed by atoms with Gasteiger partial charge >= 0.3 is 5.97 Å². The summed E-state index contributed by atoms with van der Waals surface area (Å²) in [4.78, 5) is 41.6. The molecule has 192 valence electrons. The van der Waals surface area contributed by atoms with Gasteiger partial charge in [-0.1, -0.05) is 37.3 Å². The van der Waals surface area contributed by atoms with E-state index in [9.17, 15) is 14.4 Å². The van der Waals surface area contributed by atoms with Crippen molar-refractivity contribution < 1.29 is 23.9 Å². The molecule has 0 atom stereocenters. The van der Waals surface area contributed by atoms with Crippen LogP contribution in [-0.2, 0) is 16.0 Å². The van der Waals surface area contributed by atoms with Gasteiger partial charge in [0.15, 0.2) is 6.61 Å². The van der Waals surface area contributed by atoms with Gasteiger partial charge in [0.25, 0.3) is 11.8 Å². The maximum Gasteiger partial charge on any atom is 0.337 e. The smallest absolute Gasteiger partial charge is 0.337 e. The number of carbonyl (C=O) groups excluding carboxylic acids is 3. The molecule has 4 rings (SSSR count). The van der Waals surface area contributed by atoms with Crippen molar-refractivity contribution in [3.63, 3.8) is 0 Å². The number of methoxy groups -OCH3 is 1. The summed E-state index contributed by atoms with van der Waals surface area (Å²) in [5.41, 5.74) is 3.43. The summed E-state index contributed by atoms with van der Waals surface area (Å²) in [5, 5.41) is 2.89. The minimum absolute atomic E-state index is 0.000987. The first-order chi connectivity index (χ1) is 18.0. The number of aryl methyl sites for hydroxylation is 1. The second-order valence-electron chi connectivity index (χ2n) is 8.70. The van der Waals surface area contributed by atoms with Gasteiger partial charge in [-0.25, -0.2) is 4.79 Å². The van der Waals surface area contributed by atoms with Crippen molar-refractivity contribution in [1.82, 2.24) is 4.90 Å². The molecule has 1 fully saturated rings. The molecular weight excluding hydrogens is 470 g/mol. The Hall–Kier alpha value is -4.33. The molecule has 8 heteroatoms. The van der Waals surface area contributed by atoms with Crippen LogP contribution in [0.1, 0.15) is 33.2 Å². The molecule has 2 amide bonds. The molecule has 0 aromatic heterocycles. The SMILES string of the molecule is CCc1ccc(OCC(=O)Nc2cc(C(=O)OC)ccc2N2CCN(C(=O)c3ccccc3)CC2)cc1. The van der Waals surface area contributed by atoms with Crippen LogP contribution in [0, 0.1) is 0 Å². The van der Waals surface area contributed by atoms with Crippen molar-refractivity contribution in [2.45, 2.75) is 13.3 Å². The van der Waals surface area contributed by atoms with Crippen molar-refractivity contribution in [2.75, 3.05) is 50.1 Å². The topological polar surface area (TPSA) is 88.2 Å². The predicted octanol–water partition coefficient (Wildman–Crippen LogP) is 4.02. The molecular formula is C29H31N3O5. The fourth-order valence-corrected chi connectivity index (χ4v) is 4.23. The van der Waals surface area contributed by atoms with Crippen LogP contribution in [-0.4, -0.2) is 62.6 Å². The third-order valence-electron chi connectivity index (χ3n) is 6.32. The largest absolute Gasteiger partial charge is 0.484 e. The van der Waals surface area contributed by atoms with Gasteiger partial charge < -0.3 is 24.6 Å². The molecule has 0 aliphatic carbocycles. The van der Waals surface area contributed by atoms with Crippen molar-refractivity contribution >= 4 is 29.2 Å². The summed E-state index contributed by atoms with van der Waals surface area (Å²) in [7, 11) is 1.31. The number of carbonyl (C=O) groups is 3. The fourth-order valence-electron chi connectivity index (χ4n) is 4.23. The van der Waals surface area contributed by atoms with E-state index in [0.29, 0.717) is 48.7 Å². The van der Waals surface area contributed by atoms with Gasteiger partial charge in [-0.15, -0.1) is 0 Å². The molecule has 3 aromatic carbocycles. The highest BCUT2D eigenvalue weighted by Crippen LogP contribution is 2.29. The van der Waals surface area contributed by atoms with E-state index in [-0.39, 0.29) is 18.4 Å². The minimum atomic E-state index is -0.493. The summed E-state index contributed by atoms with van der Waals surface area (Å²) in [6, 6.07) is 21.9. The van der Waals surface area contributed by atoms with E-state index in [0.717, 1.165) is 12.1 Å². The summed E-state index contributed by atoms with van der Waals surface area (Å²) < 4.78 is 10.5. The number of ether oxygens (including phenoxy) is 2. The number of rotatable bonds is 8. The Morgan fingerprint density at radius 1 is 0.865 bits per heavy atom. The zero-order valence-corrected chi connectivity index (χ0v) is 21.1. The van der Waals surface area contributed by atoms with Crippen LogP contribution in [0.2, 0.25) is 0 Å². The molecule has 37 heavy (non-hydrogen) atoms. The first-order valence-corrected chi connectivity index (χ1v) is 12.3. The maximum absolute atomic E-state index is 12.8. The second kappa shape index (κ2) is 12.1. The molecule has 0 radical (unpaired) electrons. The second-order valence-corrected chi connectivity index (χ2v) is 8.70. The first kappa shape index (κ1) is 25.8. The van der Waals surface area contributed by atoms with Crippen LogP contribution in [0.5, 0.6) is 5.75 Å². The zero-order valence-electron chi connectivity index (χ0n) is 21.1. The Morgan fingerprint density at radius 3 is 2.22 bits per heavy atom. The number of hydrogen-bond acceptors (Lipinski definition) is 6. The van der Waals surface area contributed by atoms with Gasteiger partial charge in [-0.05, 0) is 54.4 Å². The van der Waals surface area contributed by atoms with Crippen LogP contribution < -0.4 is 15.0 Å². The van der Waals surface area contributed by atoms with E-state index in [1.54, 1.807) is 18.2 Å². The number of nitrogens with zero attached hydrogens (tertiary/aromatic N) is 2. The highest BCUT2D eigenvalue weighted by Gasteiger charge is 2.24. The number of amides is 2. The first-order valence-electron chi connectivity index (χ1n) is 12.3. The summed E-state index contributed by atoms with van der Waals surface area (Å²) >= 11 is 0. The van der Waals surface area contributed by atoms with Crippen molar-refractivity contribution in [1.29, 1.82) is 0 Å². The normalized spacial score (nSPS) is 13.1. The fraction of sp³-hybridized carbons (Fsp3) is 0.276. The molecule has 1 saturated heterocycles. The lowest BCUT2D eigenvalue weighted by Crippen LogP contribution is -2.49. The lowest BCUT2D eigenvalue weighted by molar-refractivity contribution is -0.118. The highest BCUT2D eigenvalue weighted by atomic mass is 16.5. The van der Waals surface area contributed by atoms with Gasteiger partial charge in [0, 0.05) is 31.7 Å². The molecule has 3 aromatic rings. The van der Waals surface area contributed by atoms with E-state index >= 15 is 0 Å². The monoisotopic (exact) mass is 501 g/mol. The third kappa shape index (κ3) is 6.46. The van der Waals surface area contributed by atoms with E-state index in [1.807, 2.05) is 59.5 Å². The number of anilines is 2. The molecule has 0 bridgehead atoms. The predicted molar refractivity (Wildman–Crippen MR) is 142 cm³/mol. The lowest BCUT2D eigenvalue weighted by Gasteiger charge is -2.37.